The molecule has 1 fully saturated rings. The van der Waals surface area contributed by atoms with Crippen LogP contribution in [0.3, 0.4) is 0 Å². The Balaban J connectivity index is 1.64. The van der Waals surface area contributed by atoms with Gasteiger partial charge in [-0.3, -0.25) is 9.59 Å². The molecule has 27 heavy (non-hydrogen) atoms. The van der Waals surface area contributed by atoms with Gasteiger partial charge in [0, 0.05) is 25.6 Å². The number of likely N-dealkylation sites (tertiary alicyclic amines) is 1. The Morgan fingerprint density at radius 1 is 1.30 bits per heavy atom. The van der Waals surface area contributed by atoms with Gasteiger partial charge >= 0.3 is 0 Å². The lowest BCUT2D eigenvalue weighted by atomic mass is 10.1. The number of carbonyl (C=O) groups excluding carboxylic acids is 2. The number of nitrogens with zero attached hydrogens (tertiary/aromatic N) is 4. The van der Waals surface area contributed by atoms with E-state index >= 15 is 0 Å². The van der Waals surface area contributed by atoms with Gasteiger partial charge in [-0.05, 0) is 46.1 Å². The molecule has 7 nitrogen and oxygen atoms in total. The summed E-state index contributed by atoms with van der Waals surface area (Å²) in [5.41, 5.74) is 1.70. The summed E-state index contributed by atoms with van der Waals surface area (Å²) in [5.74, 6) is 0.232. The summed E-state index contributed by atoms with van der Waals surface area (Å²) in [6, 6.07) is 11.5. The highest BCUT2D eigenvalue weighted by Gasteiger charge is 2.34. The molecule has 144 valence electrons. The monoisotopic (exact) mass is 369 g/mol. The van der Waals surface area contributed by atoms with Gasteiger partial charge in [-0.2, -0.15) is 5.10 Å². The topological polar surface area (TPSA) is 70.5 Å². The molecule has 1 aliphatic heterocycles. The third-order valence-electron chi connectivity index (χ3n) is 4.70. The van der Waals surface area contributed by atoms with Crippen molar-refractivity contribution in [3.05, 3.63) is 42.1 Å². The zero-order chi connectivity index (χ0) is 19.4. The molecule has 1 N–H and O–H groups in total. The molecule has 0 radical (unpaired) electrons. The molecule has 1 aliphatic rings. The summed E-state index contributed by atoms with van der Waals surface area (Å²) in [4.78, 5) is 28.9. The minimum atomic E-state index is -0.323. The van der Waals surface area contributed by atoms with Gasteiger partial charge in [-0.1, -0.05) is 18.2 Å². The third-order valence-corrected chi connectivity index (χ3v) is 4.70. The molecule has 1 aromatic heterocycles. The van der Waals surface area contributed by atoms with E-state index in [1.807, 2.05) is 57.4 Å². The first-order valence-electron chi connectivity index (χ1n) is 9.29. The summed E-state index contributed by atoms with van der Waals surface area (Å²) in [5, 5.41) is 7.43. The SMILES string of the molecule is Cc1cc(NC(=O)C2CC(=O)N(CCCN(C)C)C2)n(-c2ccccc2)n1. The van der Waals surface area contributed by atoms with Crippen molar-refractivity contribution in [1.82, 2.24) is 19.6 Å². The minimum Gasteiger partial charge on any atom is -0.342 e. The first-order chi connectivity index (χ1) is 12.9. The number of aryl methyl sites for hydroxylation is 1. The van der Waals surface area contributed by atoms with Crippen molar-refractivity contribution in [3.8, 4) is 5.69 Å². The van der Waals surface area contributed by atoms with Crippen LogP contribution < -0.4 is 5.32 Å². The lowest BCUT2D eigenvalue weighted by molar-refractivity contribution is -0.128. The average Bonchev–Trinajstić information content (AvgIpc) is 3.18. The summed E-state index contributed by atoms with van der Waals surface area (Å²) in [6.45, 7) is 4.00. The Morgan fingerprint density at radius 2 is 2.04 bits per heavy atom. The number of anilines is 1. The van der Waals surface area contributed by atoms with E-state index in [1.165, 1.54) is 0 Å². The minimum absolute atomic E-state index is 0.0571. The van der Waals surface area contributed by atoms with Crippen molar-refractivity contribution in [2.75, 3.05) is 39.0 Å². The Hall–Kier alpha value is -2.67. The van der Waals surface area contributed by atoms with E-state index in [4.69, 9.17) is 0 Å². The maximum absolute atomic E-state index is 12.7. The number of hydrogen-bond donors (Lipinski definition) is 1. The highest BCUT2D eigenvalue weighted by molar-refractivity contribution is 5.96. The van der Waals surface area contributed by atoms with Crippen LogP contribution in [0.25, 0.3) is 5.69 Å². The molecule has 2 amide bonds. The fraction of sp³-hybridized carbons (Fsp3) is 0.450. The Morgan fingerprint density at radius 3 is 2.74 bits per heavy atom. The van der Waals surface area contributed by atoms with E-state index in [2.05, 4.69) is 15.3 Å². The normalized spacial score (nSPS) is 17.0. The molecule has 1 aromatic carbocycles. The fourth-order valence-corrected chi connectivity index (χ4v) is 3.32. The maximum atomic E-state index is 12.7. The molecular weight excluding hydrogens is 342 g/mol. The Bertz CT molecular complexity index is 800. The number of rotatable bonds is 7. The molecule has 7 heteroatoms. The lowest BCUT2D eigenvalue weighted by Crippen LogP contribution is -2.30. The van der Waals surface area contributed by atoms with Gasteiger partial charge in [0.2, 0.25) is 11.8 Å². The van der Waals surface area contributed by atoms with Crippen molar-refractivity contribution in [2.24, 2.45) is 5.92 Å². The van der Waals surface area contributed by atoms with Crippen molar-refractivity contribution in [1.29, 1.82) is 0 Å². The highest BCUT2D eigenvalue weighted by atomic mass is 16.2. The van der Waals surface area contributed by atoms with Crippen LogP contribution in [0.15, 0.2) is 36.4 Å². The molecule has 2 heterocycles. The summed E-state index contributed by atoms with van der Waals surface area (Å²) in [6.07, 6.45) is 1.18. The van der Waals surface area contributed by atoms with E-state index in [1.54, 1.807) is 9.58 Å². The van der Waals surface area contributed by atoms with Crippen molar-refractivity contribution < 1.29 is 9.59 Å². The Kier molecular flexibility index (Phi) is 5.91. The first-order valence-corrected chi connectivity index (χ1v) is 9.29. The highest BCUT2D eigenvalue weighted by Crippen LogP contribution is 2.22. The van der Waals surface area contributed by atoms with E-state index in [-0.39, 0.29) is 24.2 Å². The lowest BCUT2D eigenvalue weighted by Gasteiger charge is -2.18. The second-order valence-electron chi connectivity index (χ2n) is 7.31. The van der Waals surface area contributed by atoms with Crippen LogP contribution in [-0.2, 0) is 9.59 Å². The van der Waals surface area contributed by atoms with Gasteiger partial charge in [0.15, 0.2) is 0 Å². The van der Waals surface area contributed by atoms with Crippen LogP contribution in [0.2, 0.25) is 0 Å². The van der Waals surface area contributed by atoms with Gasteiger partial charge in [-0.25, -0.2) is 4.68 Å². The number of amides is 2. The number of para-hydroxylation sites is 1. The maximum Gasteiger partial charge on any atom is 0.230 e. The molecule has 1 atom stereocenters. The predicted molar refractivity (Wildman–Crippen MR) is 105 cm³/mol. The van der Waals surface area contributed by atoms with Crippen molar-refractivity contribution >= 4 is 17.6 Å². The first kappa shape index (κ1) is 19.1. The smallest absolute Gasteiger partial charge is 0.230 e. The van der Waals surface area contributed by atoms with E-state index in [0.717, 1.165) is 24.3 Å². The molecule has 2 aromatic rings. The van der Waals surface area contributed by atoms with E-state index < -0.39 is 0 Å². The van der Waals surface area contributed by atoms with Crippen LogP contribution in [0.5, 0.6) is 0 Å². The molecule has 1 unspecified atom stereocenters. The van der Waals surface area contributed by atoms with E-state index in [9.17, 15) is 9.59 Å². The second-order valence-corrected chi connectivity index (χ2v) is 7.31. The summed E-state index contributed by atoms with van der Waals surface area (Å²) < 4.78 is 1.72. The second kappa shape index (κ2) is 8.35. The van der Waals surface area contributed by atoms with Crippen LogP contribution in [0.4, 0.5) is 5.82 Å². The van der Waals surface area contributed by atoms with Crippen molar-refractivity contribution in [3.63, 3.8) is 0 Å². The van der Waals surface area contributed by atoms with Gasteiger partial charge in [-0.15, -0.1) is 0 Å². The molecular formula is C20H27N5O2. The number of aromatic nitrogens is 2. The largest absolute Gasteiger partial charge is 0.342 e. The molecule has 0 bridgehead atoms. The number of nitrogens with one attached hydrogen (secondary N) is 1. The standard InChI is InChI=1S/C20H27N5O2/c1-15-12-18(25(22-15)17-8-5-4-6-9-17)21-20(27)16-13-19(26)24(14-16)11-7-10-23(2)3/h4-6,8-9,12,16H,7,10-11,13-14H2,1-3H3,(H,21,27). The fourth-order valence-electron chi connectivity index (χ4n) is 3.32. The molecule has 1 saturated heterocycles. The molecule has 0 aliphatic carbocycles. The zero-order valence-corrected chi connectivity index (χ0v) is 16.2. The number of carbonyl (C=O) groups is 2. The van der Waals surface area contributed by atoms with Gasteiger partial charge in [0.1, 0.15) is 5.82 Å². The average molecular weight is 369 g/mol. The van der Waals surface area contributed by atoms with E-state index in [0.29, 0.717) is 18.9 Å². The van der Waals surface area contributed by atoms with Gasteiger partial charge in [0.05, 0.1) is 17.3 Å². The zero-order valence-electron chi connectivity index (χ0n) is 16.2. The summed E-state index contributed by atoms with van der Waals surface area (Å²) in [7, 11) is 4.03. The quantitative estimate of drug-likeness (QED) is 0.809. The third kappa shape index (κ3) is 4.74. The number of hydrogen-bond acceptors (Lipinski definition) is 4. The predicted octanol–water partition coefficient (Wildman–Crippen LogP) is 1.92. The van der Waals surface area contributed by atoms with Crippen LogP contribution >= 0.6 is 0 Å². The van der Waals surface area contributed by atoms with Crippen LogP contribution in [-0.4, -0.2) is 65.1 Å². The van der Waals surface area contributed by atoms with Crippen LogP contribution in [0.1, 0.15) is 18.5 Å². The summed E-state index contributed by atoms with van der Waals surface area (Å²) >= 11 is 0. The van der Waals surface area contributed by atoms with Crippen molar-refractivity contribution in [2.45, 2.75) is 19.8 Å². The van der Waals surface area contributed by atoms with Gasteiger partial charge in [0.25, 0.3) is 0 Å². The van der Waals surface area contributed by atoms with Gasteiger partial charge < -0.3 is 15.1 Å². The number of benzene rings is 1. The molecule has 0 saturated carbocycles. The Labute approximate surface area is 159 Å². The van der Waals surface area contributed by atoms with Crippen LogP contribution in [0, 0.1) is 12.8 Å². The molecule has 3 rings (SSSR count). The molecule has 0 spiro atoms.